The van der Waals surface area contributed by atoms with Crippen LogP contribution in [0, 0.1) is 0 Å². The number of carbonyl (C=O) groups excluding carboxylic acids is 1. The van der Waals surface area contributed by atoms with E-state index < -0.39 is 0 Å². The van der Waals surface area contributed by atoms with Gasteiger partial charge in [-0.25, -0.2) is 5.43 Å². The third kappa shape index (κ3) is 5.21. The summed E-state index contributed by atoms with van der Waals surface area (Å²) in [4.78, 5) is 12.1. The van der Waals surface area contributed by atoms with Crippen LogP contribution in [-0.2, 0) is 11.2 Å². The lowest BCUT2D eigenvalue weighted by molar-refractivity contribution is -0.120. The SMILES string of the molecule is CCOc1cc(Cl)c(Cl)c(/C=N\NC(=O)Cc2ccc(OC)c(OC)c2)c1O. The van der Waals surface area contributed by atoms with Gasteiger partial charge in [0.15, 0.2) is 23.0 Å². The van der Waals surface area contributed by atoms with Crippen LogP contribution >= 0.6 is 23.2 Å². The van der Waals surface area contributed by atoms with E-state index in [0.717, 1.165) is 0 Å². The highest BCUT2D eigenvalue weighted by molar-refractivity contribution is 6.43. The van der Waals surface area contributed by atoms with E-state index in [0.29, 0.717) is 23.7 Å². The van der Waals surface area contributed by atoms with Crippen LogP contribution in [0.2, 0.25) is 10.0 Å². The maximum absolute atomic E-state index is 12.1. The number of phenols is 1. The quantitative estimate of drug-likeness (QED) is 0.494. The van der Waals surface area contributed by atoms with Crippen LogP contribution < -0.4 is 19.6 Å². The minimum Gasteiger partial charge on any atom is -0.504 e. The van der Waals surface area contributed by atoms with Gasteiger partial charge in [0.25, 0.3) is 0 Å². The molecule has 1 amide bonds. The smallest absolute Gasteiger partial charge is 0.244 e. The topological polar surface area (TPSA) is 89.4 Å². The molecule has 0 aliphatic heterocycles. The van der Waals surface area contributed by atoms with Gasteiger partial charge in [0.05, 0.1) is 49.1 Å². The highest BCUT2D eigenvalue weighted by atomic mass is 35.5. The van der Waals surface area contributed by atoms with E-state index in [4.69, 9.17) is 37.4 Å². The van der Waals surface area contributed by atoms with E-state index in [1.165, 1.54) is 26.5 Å². The first kappa shape index (κ1) is 21.7. The molecule has 9 heteroatoms. The molecule has 0 aliphatic carbocycles. The minimum absolute atomic E-state index is 0.0666. The fourth-order valence-corrected chi connectivity index (χ4v) is 2.77. The Bertz CT molecular complexity index is 887. The number of carbonyl (C=O) groups is 1. The van der Waals surface area contributed by atoms with Crippen molar-refractivity contribution in [3.63, 3.8) is 0 Å². The van der Waals surface area contributed by atoms with Crippen LogP contribution in [0.25, 0.3) is 0 Å². The second-order valence-electron chi connectivity index (χ2n) is 5.53. The maximum atomic E-state index is 12.1. The van der Waals surface area contributed by atoms with Gasteiger partial charge < -0.3 is 19.3 Å². The minimum atomic E-state index is -0.369. The molecule has 0 saturated carbocycles. The molecule has 2 N–H and O–H groups in total. The number of halogens is 2. The van der Waals surface area contributed by atoms with Gasteiger partial charge in [0.1, 0.15) is 0 Å². The van der Waals surface area contributed by atoms with Crippen molar-refractivity contribution in [3.8, 4) is 23.0 Å². The van der Waals surface area contributed by atoms with Crippen LogP contribution in [0.4, 0.5) is 0 Å². The van der Waals surface area contributed by atoms with Crippen LogP contribution in [0.3, 0.4) is 0 Å². The van der Waals surface area contributed by atoms with E-state index in [1.54, 1.807) is 25.1 Å². The maximum Gasteiger partial charge on any atom is 0.244 e. The fourth-order valence-electron chi connectivity index (χ4n) is 2.38. The zero-order valence-corrected chi connectivity index (χ0v) is 17.1. The molecule has 0 spiro atoms. The molecule has 0 heterocycles. The van der Waals surface area contributed by atoms with Crippen LogP contribution in [0.5, 0.6) is 23.0 Å². The molecule has 2 rings (SSSR count). The van der Waals surface area contributed by atoms with Crippen LogP contribution in [0.1, 0.15) is 18.1 Å². The Morgan fingerprint density at radius 3 is 2.54 bits per heavy atom. The first-order valence-corrected chi connectivity index (χ1v) is 9.03. The fraction of sp³-hybridized carbons (Fsp3) is 0.263. The Kier molecular flexibility index (Phi) is 7.78. The van der Waals surface area contributed by atoms with Crippen molar-refractivity contribution < 1.29 is 24.1 Å². The van der Waals surface area contributed by atoms with E-state index in [-0.39, 0.29) is 39.4 Å². The molecule has 2 aromatic rings. The zero-order valence-electron chi connectivity index (χ0n) is 15.6. The summed E-state index contributed by atoms with van der Waals surface area (Å²) in [5.41, 5.74) is 3.23. The van der Waals surface area contributed by atoms with E-state index in [1.807, 2.05) is 0 Å². The normalized spacial score (nSPS) is 10.8. The number of nitrogens with zero attached hydrogens (tertiary/aromatic N) is 1. The summed E-state index contributed by atoms with van der Waals surface area (Å²) in [6.07, 6.45) is 1.27. The van der Waals surface area contributed by atoms with E-state index in [9.17, 15) is 9.90 Å². The number of aromatic hydroxyl groups is 1. The molecule has 0 radical (unpaired) electrons. The van der Waals surface area contributed by atoms with Crippen molar-refractivity contribution in [1.82, 2.24) is 5.43 Å². The molecule has 28 heavy (non-hydrogen) atoms. The lowest BCUT2D eigenvalue weighted by Gasteiger charge is -2.11. The molecule has 0 aromatic heterocycles. The number of ether oxygens (including phenoxy) is 3. The number of hydrazone groups is 1. The molecular weight excluding hydrogens is 407 g/mol. The lowest BCUT2D eigenvalue weighted by Crippen LogP contribution is -2.19. The summed E-state index contributed by atoms with van der Waals surface area (Å²) in [6, 6.07) is 6.58. The average Bonchev–Trinajstić information content (AvgIpc) is 2.68. The number of methoxy groups -OCH3 is 2. The predicted molar refractivity (Wildman–Crippen MR) is 108 cm³/mol. The molecule has 150 valence electrons. The van der Waals surface area contributed by atoms with Crippen molar-refractivity contribution in [3.05, 3.63) is 45.4 Å². The van der Waals surface area contributed by atoms with Crippen molar-refractivity contribution in [1.29, 1.82) is 0 Å². The number of nitrogens with one attached hydrogen (secondary N) is 1. The average molecular weight is 427 g/mol. The first-order chi connectivity index (χ1) is 13.4. The van der Waals surface area contributed by atoms with Crippen molar-refractivity contribution >= 4 is 35.3 Å². The molecule has 2 aromatic carbocycles. The Morgan fingerprint density at radius 1 is 1.18 bits per heavy atom. The Labute approximate surface area is 172 Å². The molecule has 0 unspecified atom stereocenters. The Hall–Kier alpha value is -2.64. The van der Waals surface area contributed by atoms with E-state index in [2.05, 4.69) is 10.5 Å². The molecule has 0 aliphatic rings. The number of phenolic OH excluding ortho intramolecular Hbond substituents is 1. The summed E-state index contributed by atoms with van der Waals surface area (Å²) in [5, 5.41) is 14.4. The number of amides is 1. The Balaban J connectivity index is 2.10. The van der Waals surface area contributed by atoms with Gasteiger partial charge in [-0.2, -0.15) is 5.10 Å². The molecule has 7 nitrogen and oxygen atoms in total. The van der Waals surface area contributed by atoms with Gasteiger partial charge in [0, 0.05) is 6.07 Å². The van der Waals surface area contributed by atoms with Gasteiger partial charge in [-0.15, -0.1) is 0 Å². The molecule has 0 atom stereocenters. The van der Waals surface area contributed by atoms with Gasteiger partial charge in [-0.05, 0) is 24.6 Å². The van der Waals surface area contributed by atoms with Crippen molar-refractivity contribution in [2.45, 2.75) is 13.3 Å². The highest BCUT2D eigenvalue weighted by Gasteiger charge is 2.15. The summed E-state index contributed by atoms with van der Waals surface area (Å²) in [7, 11) is 3.05. The largest absolute Gasteiger partial charge is 0.504 e. The van der Waals surface area contributed by atoms with Gasteiger partial charge in [-0.3, -0.25) is 4.79 Å². The zero-order chi connectivity index (χ0) is 20.7. The highest BCUT2D eigenvalue weighted by Crippen LogP contribution is 2.39. The number of hydrogen-bond donors (Lipinski definition) is 2. The monoisotopic (exact) mass is 426 g/mol. The van der Waals surface area contributed by atoms with Gasteiger partial charge >= 0.3 is 0 Å². The second kappa shape index (κ2) is 10.1. The Morgan fingerprint density at radius 2 is 1.89 bits per heavy atom. The number of rotatable bonds is 8. The molecule has 0 fully saturated rings. The molecule has 0 saturated heterocycles. The third-order valence-electron chi connectivity index (χ3n) is 3.69. The standard InChI is InChI=1S/C19H20Cl2N2O5/c1-4-28-16-9-13(20)18(21)12(19(16)25)10-22-23-17(24)8-11-5-6-14(26-2)15(7-11)27-3/h5-7,9-10,25H,4,8H2,1-3H3,(H,23,24)/b22-10-. The summed E-state index contributed by atoms with van der Waals surface area (Å²) < 4.78 is 15.7. The van der Waals surface area contributed by atoms with E-state index >= 15 is 0 Å². The van der Waals surface area contributed by atoms with Crippen LogP contribution in [0.15, 0.2) is 29.4 Å². The van der Waals surface area contributed by atoms with Gasteiger partial charge in [-0.1, -0.05) is 29.3 Å². The first-order valence-electron chi connectivity index (χ1n) is 8.27. The number of benzene rings is 2. The predicted octanol–water partition coefficient (Wildman–Crippen LogP) is 3.81. The van der Waals surface area contributed by atoms with Gasteiger partial charge in [0.2, 0.25) is 5.91 Å². The molecular formula is C19H20Cl2N2O5. The summed E-state index contributed by atoms with van der Waals surface area (Å²) in [5.74, 6) is 0.687. The third-order valence-corrected chi connectivity index (χ3v) is 4.49. The van der Waals surface area contributed by atoms with Crippen molar-refractivity contribution in [2.24, 2.45) is 5.10 Å². The number of hydrogen-bond acceptors (Lipinski definition) is 6. The van der Waals surface area contributed by atoms with Crippen LogP contribution in [-0.4, -0.2) is 38.1 Å². The second-order valence-corrected chi connectivity index (χ2v) is 6.31. The molecule has 0 bridgehead atoms. The summed E-state index contributed by atoms with van der Waals surface area (Å²) >= 11 is 12.1. The lowest BCUT2D eigenvalue weighted by atomic mass is 10.1. The van der Waals surface area contributed by atoms with Crippen molar-refractivity contribution in [2.75, 3.05) is 20.8 Å². The summed E-state index contributed by atoms with van der Waals surface area (Å²) in [6.45, 7) is 2.11.